The zero-order chi connectivity index (χ0) is 19.8. The number of carbonyl (C=O) groups excluding carboxylic acids is 1. The first-order valence-electron chi connectivity index (χ1n) is 9.45. The number of anilines is 1. The average molecular weight is 414 g/mol. The lowest BCUT2D eigenvalue weighted by molar-refractivity contribution is -0.113. The molecule has 0 unspecified atom stereocenters. The summed E-state index contributed by atoms with van der Waals surface area (Å²) in [5.41, 5.74) is 4.20. The van der Waals surface area contributed by atoms with Crippen LogP contribution in [0.5, 0.6) is 0 Å². The molecule has 0 bridgehead atoms. The van der Waals surface area contributed by atoms with Gasteiger partial charge in [-0.2, -0.15) is 0 Å². The molecule has 0 saturated carbocycles. The molecule has 1 aliphatic carbocycles. The van der Waals surface area contributed by atoms with Crippen LogP contribution in [-0.2, 0) is 17.6 Å². The van der Waals surface area contributed by atoms with E-state index in [9.17, 15) is 9.59 Å². The topological polar surface area (TPSA) is 74.8 Å². The van der Waals surface area contributed by atoms with Crippen molar-refractivity contribution < 1.29 is 4.79 Å². The average Bonchev–Trinajstić information content (AvgIpc) is 3.00. The second kappa shape index (κ2) is 7.72. The van der Waals surface area contributed by atoms with Gasteiger partial charge in [-0.15, -0.1) is 11.3 Å². The number of amides is 1. The van der Waals surface area contributed by atoms with Crippen molar-refractivity contribution >= 4 is 44.9 Å². The van der Waals surface area contributed by atoms with E-state index in [1.54, 1.807) is 11.3 Å². The fourth-order valence-electron chi connectivity index (χ4n) is 3.55. The first-order chi connectivity index (χ1) is 13.4. The Morgan fingerprint density at radius 3 is 2.96 bits per heavy atom. The number of aromatic nitrogens is 2. The predicted octanol–water partition coefficient (Wildman–Crippen LogP) is 4.46. The van der Waals surface area contributed by atoms with E-state index in [2.05, 4.69) is 22.2 Å². The van der Waals surface area contributed by atoms with Crippen molar-refractivity contribution in [2.45, 2.75) is 45.2 Å². The minimum absolute atomic E-state index is 0.0888. The molecule has 1 aliphatic rings. The Kier molecular flexibility index (Phi) is 5.29. The Morgan fingerprint density at radius 1 is 1.36 bits per heavy atom. The molecular weight excluding hydrogens is 390 g/mol. The molecular formula is C21H23N3O2S2. The number of hydrogen-bond donors (Lipinski definition) is 2. The number of hydrogen-bond acceptors (Lipinski definition) is 5. The summed E-state index contributed by atoms with van der Waals surface area (Å²) in [7, 11) is 0. The molecule has 0 radical (unpaired) electrons. The van der Waals surface area contributed by atoms with Gasteiger partial charge in [0.15, 0.2) is 5.16 Å². The van der Waals surface area contributed by atoms with E-state index >= 15 is 0 Å². The van der Waals surface area contributed by atoms with E-state index in [1.165, 1.54) is 27.8 Å². The summed E-state index contributed by atoms with van der Waals surface area (Å²) in [6.07, 6.45) is 3.09. The van der Waals surface area contributed by atoms with Crippen molar-refractivity contribution in [1.82, 2.24) is 9.97 Å². The fraction of sp³-hybridized carbons (Fsp3) is 0.381. The van der Waals surface area contributed by atoms with Crippen LogP contribution in [0.15, 0.2) is 28.2 Å². The molecule has 2 heterocycles. The zero-order valence-electron chi connectivity index (χ0n) is 16.2. The van der Waals surface area contributed by atoms with Crippen LogP contribution in [0.2, 0.25) is 0 Å². The van der Waals surface area contributed by atoms with E-state index in [1.807, 2.05) is 32.0 Å². The van der Waals surface area contributed by atoms with Gasteiger partial charge in [-0.3, -0.25) is 9.59 Å². The SMILES string of the molecule is Cc1ccc(NC(=O)CSc2nc3sc4c(c3c(=O)[nH]2)CC[C@H](C)C4)cc1C. The van der Waals surface area contributed by atoms with Crippen molar-refractivity contribution in [3.63, 3.8) is 0 Å². The summed E-state index contributed by atoms with van der Waals surface area (Å²) >= 11 is 2.89. The van der Waals surface area contributed by atoms with E-state index in [0.29, 0.717) is 11.1 Å². The van der Waals surface area contributed by atoms with Crippen molar-refractivity contribution in [3.8, 4) is 0 Å². The van der Waals surface area contributed by atoms with Crippen molar-refractivity contribution in [1.29, 1.82) is 0 Å². The monoisotopic (exact) mass is 413 g/mol. The molecule has 0 fully saturated rings. The molecule has 3 aromatic rings. The number of thioether (sulfide) groups is 1. The van der Waals surface area contributed by atoms with E-state index in [0.717, 1.165) is 40.7 Å². The second-order valence-corrected chi connectivity index (χ2v) is 9.59. The summed E-state index contributed by atoms with van der Waals surface area (Å²) in [6.45, 7) is 6.31. The third-order valence-corrected chi connectivity index (χ3v) is 7.30. The lowest BCUT2D eigenvalue weighted by Gasteiger charge is -2.17. The highest BCUT2D eigenvalue weighted by molar-refractivity contribution is 7.99. The van der Waals surface area contributed by atoms with Crippen LogP contribution < -0.4 is 10.9 Å². The van der Waals surface area contributed by atoms with Crippen molar-refractivity contribution in [3.05, 3.63) is 50.1 Å². The zero-order valence-corrected chi connectivity index (χ0v) is 17.9. The molecule has 1 aromatic carbocycles. The quantitative estimate of drug-likeness (QED) is 0.489. The van der Waals surface area contributed by atoms with Gasteiger partial charge >= 0.3 is 0 Å². The molecule has 2 N–H and O–H groups in total. The van der Waals surface area contributed by atoms with Crippen LogP contribution in [0.4, 0.5) is 5.69 Å². The van der Waals surface area contributed by atoms with E-state index < -0.39 is 0 Å². The molecule has 1 atom stereocenters. The Balaban J connectivity index is 1.48. The van der Waals surface area contributed by atoms with Gasteiger partial charge in [0.05, 0.1) is 11.1 Å². The van der Waals surface area contributed by atoms with Gasteiger partial charge in [0, 0.05) is 10.6 Å². The number of thiophene rings is 1. The summed E-state index contributed by atoms with van der Waals surface area (Å²) in [5.74, 6) is 0.738. The van der Waals surface area contributed by atoms with Crippen LogP contribution in [0.1, 0.15) is 34.9 Å². The van der Waals surface area contributed by atoms with Crippen molar-refractivity contribution in [2.24, 2.45) is 5.92 Å². The lowest BCUT2D eigenvalue weighted by atomic mass is 9.89. The highest BCUT2D eigenvalue weighted by Gasteiger charge is 2.23. The summed E-state index contributed by atoms with van der Waals surface area (Å²) < 4.78 is 0. The van der Waals surface area contributed by atoms with Gasteiger partial charge in [0.25, 0.3) is 5.56 Å². The maximum Gasteiger partial charge on any atom is 0.260 e. The number of rotatable bonds is 4. The van der Waals surface area contributed by atoms with E-state index in [-0.39, 0.29) is 17.2 Å². The van der Waals surface area contributed by atoms with Crippen LogP contribution >= 0.6 is 23.1 Å². The predicted molar refractivity (Wildman–Crippen MR) is 117 cm³/mol. The standard InChI is InChI=1S/C21H23N3O2S2/c1-11-4-7-15-16(8-11)28-20-18(15)19(26)23-21(24-20)27-10-17(25)22-14-6-5-12(2)13(3)9-14/h5-6,9,11H,4,7-8,10H2,1-3H3,(H,22,25)(H,23,24,26)/t11-/m0/s1. The Bertz CT molecular complexity index is 1120. The molecule has 7 heteroatoms. The minimum Gasteiger partial charge on any atom is -0.325 e. The summed E-state index contributed by atoms with van der Waals surface area (Å²) in [6, 6.07) is 5.85. The normalized spacial score (nSPS) is 16.2. The molecule has 5 nitrogen and oxygen atoms in total. The molecule has 2 aromatic heterocycles. The second-order valence-electron chi connectivity index (χ2n) is 7.54. The Morgan fingerprint density at radius 2 is 2.18 bits per heavy atom. The minimum atomic E-state index is -0.115. The highest BCUT2D eigenvalue weighted by atomic mass is 32.2. The number of fused-ring (bicyclic) bond motifs is 3. The number of nitrogens with zero attached hydrogens (tertiary/aromatic N) is 1. The summed E-state index contributed by atoms with van der Waals surface area (Å²) in [5, 5.41) is 4.15. The number of aromatic amines is 1. The number of aryl methyl sites for hydroxylation is 3. The molecule has 146 valence electrons. The van der Waals surface area contributed by atoms with Crippen LogP contribution in [0, 0.1) is 19.8 Å². The molecule has 0 saturated heterocycles. The van der Waals surface area contributed by atoms with Gasteiger partial charge in [-0.05, 0) is 67.9 Å². The molecule has 1 amide bonds. The van der Waals surface area contributed by atoms with Gasteiger partial charge in [-0.25, -0.2) is 4.98 Å². The van der Waals surface area contributed by atoms with Crippen LogP contribution in [0.25, 0.3) is 10.2 Å². The first-order valence-corrected chi connectivity index (χ1v) is 11.3. The lowest BCUT2D eigenvalue weighted by Crippen LogP contribution is -2.16. The molecule has 28 heavy (non-hydrogen) atoms. The maximum atomic E-state index is 12.6. The number of carbonyl (C=O) groups is 1. The molecule has 0 spiro atoms. The third kappa shape index (κ3) is 3.86. The summed E-state index contributed by atoms with van der Waals surface area (Å²) in [4.78, 5) is 34.5. The molecule has 0 aliphatic heterocycles. The smallest absolute Gasteiger partial charge is 0.260 e. The van der Waals surface area contributed by atoms with Gasteiger partial charge in [0.2, 0.25) is 5.91 Å². The molecule has 4 rings (SSSR count). The van der Waals surface area contributed by atoms with Crippen LogP contribution in [-0.4, -0.2) is 21.6 Å². The van der Waals surface area contributed by atoms with Crippen molar-refractivity contribution in [2.75, 3.05) is 11.1 Å². The largest absolute Gasteiger partial charge is 0.325 e. The van der Waals surface area contributed by atoms with Gasteiger partial charge in [-0.1, -0.05) is 24.8 Å². The number of nitrogens with one attached hydrogen (secondary N) is 2. The number of benzene rings is 1. The number of H-pyrrole nitrogens is 1. The van der Waals surface area contributed by atoms with Gasteiger partial charge < -0.3 is 10.3 Å². The van der Waals surface area contributed by atoms with Gasteiger partial charge in [0.1, 0.15) is 4.83 Å². The highest BCUT2D eigenvalue weighted by Crippen LogP contribution is 2.36. The first kappa shape index (κ1) is 19.2. The van der Waals surface area contributed by atoms with Crippen LogP contribution in [0.3, 0.4) is 0 Å². The maximum absolute atomic E-state index is 12.6. The fourth-order valence-corrected chi connectivity index (χ4v) is 5.65. The third-order valence-electron chi connectivity index (χ3n) is 5.27. The van der Waals surface area contributed by atoms with E-state index in [4.69, 9.17) is 0 Å². The Hall–Kier alpha value is -2.12. The Labute approximate surface area is 172 Å².